The van der Waals surface area contributed by atoms with E-state index in [9.17, 15) is 5.11 Å². The average Bonchev–Trinajstić information content (AvgIpc) is 2.01. The molecule has 1 fully saturated rings. The van der Waals surface area contributed by atoms with Crippen molar-refractivity contribution in [1.82, 2.24) is 0 Å². The first-order chi connectivity index (χ1) is 5.16. The van der Waals surface area contributed by atoms with Crippen LogP contribution < -0.4 is 5.32 Å². The van der Waals surface area contributed by atoms with Gasteiger partial charge < -0.3 is 25.7 Å². The lowest BCUT2D eigenvalue weighted by atomic mass is 9.94. The molecule has 6 N–H and O–H groups in total. The number of hydrogen-bond acceptors (Lipinski definition) is 4. The van der Waals surface area contributed by atoms with Gasteiger partial charge in [-0.05, 0) is 0 Å². The Labute approximate surface area is 64.3 Å². The molecule has 0 amide bonds. The van der Waals surface area contributed by atoms with Crippen LogP contribution in [0, 0.1) is 5.92 Å². The summed E-state index contributed by atoms with van der Waals surface area (Å²) in [4.78, 5) is 0. The van der Waals surface area contributed by atoms with Crippen molar-refractivity contribution >= 4 is 0 Å². The van der Waals surface area contributed by atoms with E-state index in [1.165, 1.54) is 5.32 Å². The summed E-state index contributed by atoms with van der Waals surface area (Å²) in [6.45, 7) is 0.275. The molecule has 0 spiro atoms. The van der Waals surface area contributed by atoms with E-state index >= 15 is 0 Å². The maximum absolute atomic E-state index is 9.22. The molecular formula is C6H14NO4+. The summed E-state index contributed by atoms with van der Waals surface area (Å²) < 4.78 is 0. The maximum Gasteiger partial charge on any atom is 0.216 e. The van der Waals surface area contributed by atoms with Crippen molar-refractivity contribution in [1.29, 1.82) is 0 Å². The lowest BCUT2D eigenvalue weighted by Gasteiger charge is -2.31. The third kappa shape index (κ3) is 1.69. The number of aliphatic hydroxyl groups excluding tert-OH is 4. The molecule has 1 saturated heterocycles. The van der Waals surface area contributed by atoms with Gasteiger partial charge in [-0.1, -0.05) is 0 Å². The fourth-order valence-corrected chi connectivity index (χ4v) is 1.26. The number of nitrogens with two attached hydrogens (primary N) is 1. The smallest absolute Gasteiger partial charge is 0.216 e. The highest BCUT2D eigenvalue weighted by atomic mass is 16.4. The predicted molar refractivity (Wildman–Crippen MR) is 35.4 cm³/mol. The summed E-state index contributed by atoms with van der Waals surface area (Å²) in [6.07, 6.45) is -3.13. The molecule has 5 heteroatoms. The van der Waals surface area contributed by atoms with Gasteiger partial charge in [0.15, 0.2) is 6.10 Å². The fraction of sp³-hybridized carbons (Fsp3) is 1.00. The number of hydrogen-bond donors (Lipinski definition) is 5. The Balaban J connectivity index is 2.52. The first-order valence-electron chi connectivity index (χ1n) is 3.65. The topological polar surface area (TPSA) is 97.5 Å². The van der Waals surface area contributed by atoms with Gasteiger partial charge in [0.1, 0.15) is 0 Å². The molecule has 0 radical (unpaired) electrons. The molecular weight excluding hydrogens is 150 g/mol. The largest absolute Gasteiger partial charge is 0.396 e. The molecule has 0 saturated carbocycles. The van der Waals surface area contributed by atoms with Gasteiger partial charge in [-0.15, -0.1) is 0 Å². The SMILES string of the molecule is OC[C@H]1C[NH2+][C@H](O)[C@@H](O)[C@@H]1O. The van der Waals surface area contributed by atoms with E-state index < -0.39 is 18.4 Å². The first kappa shape index (κ1) is 8.89. The molecule has 0 aromatic heterocycles. The number of aliphatic hydroxyl groups is 4. The van der Waals surface area contributed by atoms with E-state index in [2.05, 4.69) is 0 Å². The highest BCUT2D eigenvalue weighted by molar-refractivity contribution is 4.78. The van der Waals surface area contributed by atoms with Gasteiger partial charge in [-0.2, -0.15) is 0 Å². The Morgan fingerprint density at radius 2 is 1.82 bits per heavy atom. The lowest BCUT2D eigenvalue weighted by Crippen LogP contribution is -2.97. The summed E-state index contributed by atoms with van der Waals surface area (Å²) in [5.74, 6) is -0.339. The van der Waals surface area contributed by atoms with Crippen LogP contribution >= 0.6 is 0 Å². The second-order valence-corrected chi connectivity index (χ2v) is 2.89. The zero-order chi connectivity index (χ0) is 8.43. The van der Waals surface area contributed by atoms with Crippen LogP contribution in [0.25, 0.3) is 0 Å². The van der Waals surface area contributed by atoms with Crippen LogP contribution in [0.2, 0.25) is 0 Å². The summed E-state index contributed by atoms with van der Waals surface area (Å²) in [6, 6.07) is 0. The summed E-state index contributed by atoms with van der Waals surface area (Å²) in [5, 5.41) is 37.5. The second kappa shape index (κ2) is 3.46. The Kier molecular flexibility index (Phi) is 2.80. The van der Waals surface area contributed by atoms with Crippen molar-refractivity contribution < 1.29 is 25.7 Å². The van der Waals surface area contributed by atoms with Crippen molar-refractivity contribution in [2.75, 3.05) is 13.2 Å². The van der Waals surface area contributed by atoms with Crippen LogP contribution in [-0.2, 0) is 0 Å². The number of piperidine rings is 1. The Bertz CT molecular complexity index is 130. The van der Waals surface area contributed by atoms with E-state index in [-0.39, 0.29) is 12.5 Å². The number of rotatable bonds is 1. The van der Waals surface area contributed by atoms with E-state index in [0.717, 1.165) is 0 Å². The van der Waals surface area contributed by atoms with E-state index in [0.29, 0.717) is 6.54 Å². The molecule has 4 atom stereocenters. The van der Waals surface area contributed by atoms with Gasteiger partial charge >= 0.3 is 0 Å². The van der Waals surface area contributed by atoms with Crippen molar-refractivity contribution in [3.8, 4) is 0 Å². The highest BCUT2D eigenvalue weighted by Gasteiger charge is 2.38. The molecule has 0 aromatic rings. The molecule has 11 heavy (non-hydrogen) atoms. The van der Waals surface area contributed by atoms with E-state index in [1.54, 1.807) is 0 Å². The molecule has 1 aliphatic rings. The molecule has 0 unspecified atom stereocenters. The van der Waals surface area contributed by atoms with Gasteiger partial charge in [0, 0.05) is 0 Å². The Morgan fingerprint density at radius 3 is 2.36 bits per heavy atom. The minimum atomic E-state index is -1.15. The zero-order valence-corrected chi connectivity index (χ0v) is 6.09. The van der Waals surface area contributed by atoms with Crippen molar-refractivity contribution in [2.24, 2.45) is 5.92 Å². The number of quaternary nitrogens is 1. The predicted octanol–water partition coefficient (Wildman–Crippen LogP) is -3.79. The first-order valence-corrected chi connectivity index (χ1v) is 3.65. The summed E-state index contributed by atoms with van der Waals surface area (Å²) in [5.41, 5.74) is 0. The highest BCUT2D eigenvalue weighted by Crippen LogP contribution is 2.09. The van der Waals surface area contributed by atoms with Crippen molar-refractivity contribution in [3.05, 3.63) is 0 Å². The molecule has 1 heterocycles. The van der Waals surface area contributed by atoms with Crippen LogP contribution in [0.5, 0.6) is 0 Å². The third-order valence-corrected chi connectivity index (χ3v) is 2.10. The van der Waals surface area contributed by atoms with Gasteiger partial charge in [-0.3, -0.25) is 0 Å². The van der Waals surface area contributed by atoms with Crippen LogP contribution in [0.1, 0.15) is 0 Å². The van der Waals surface area contributed by atoms with Crippen molar-refractivity contribution in [3.63, 3.8) is 0 Å². The van der Waals surface area contributed by atoms with Crippen molar-refractivity contribution in [2.45, 2.75) is 18.4 Å². The molecule has 1 rings (SSSR count). The van der Waals surface area contributed by atoms with Gasteiger partial charge in [0.25, 0.3) is 0 Å². The minimum absolute atomic E-state index is 0.165. The molecule has 0 aliphatic carbocycles. The van der Waals surface area contributed by atoms with Crippen LogP contribution in [-0.4, -0.2) is 52.0 Å². The van der Waals surface area contributed by atoms with Gasteiger partial charge in [-0.25, -0.2) is 0 Å². The monoisotopic (exact) mass is 164 g/mol. The van der Waals surface area contributed by atoms with Crippen LogP contribution in [0.15, 0.2) is 0 Å². The normalized spacial score (nSPS) is 45.8. The quantitative estimate of drug-likeness (QED) is 0.275. The summed E-state index contributed by atoms with van der Waals surface area (Å²) in [7, 11) is 0. The molecule has 66 valence electrons. The standard InChI is InChI=1S/C6H13NO4/c8-2-3-1-7-6(11)5(10)4(3)9/h3-11H,1-2H2/p+1/t3-,4-,5+,6-/m1/s1. The third-order valence-electron chi connectivity index (χ3n) is 2.10. The zero-order valence-electron chi connectivity index (χ0n) is 6.09. The molecule has 0 bridgehead atoms. The summed E-state index contributed by atoms with van der Waals surface area (Å²) >= 11 is 0. The molecule has 5 nitrogen and oxygen atoms in total. The average molecular weight is 164 g/mol. The molecule has 1 aliphatic heterocycles. The van der Waals surface area contributed by atoms with Gasteiger partial charge in [0.05, 0.1) is 25.2 Å². The Morgan fingerprint density at radius 1 is 1.18 bits per heavy atom. The lowest BCUT2D eigenvalue weighted by molar-refractivity contribution is -0.749. The van der Waals surface area contributed by atoms with Gasteiger partial charge in [0.2, 0.25) is 6.23 Å². The van der Waals surface area contributed by atoms with E-state index in [1.807, 2.05) is 0 Å². The Hall–Kier alpha value is -0.200. The second-order valence-electron chi connectivity index (χ2n) is 2.89. The maximum atomic E-state index is 9.22. The fourth-order valence-electron chi connectivity index (χ4n) is 1.26. The molecule has 0 aromatic carbocycles. The minimum Gasteiger partial charge on any atom is -0.396 e. The van der Waals surface area contributed by atoms with Crippen LogP contribution in [0.3, 0.4) is 0 Å². The van der Waals surface area contributed by atoms with E-state index in [4.69, 9.17) is 15.3 Å². The van der Waals surface area contributed by atoms with Crippen LogP contribution in [0.4, 0.5) is 0 Å².